The first kappa shape index (κ1) is 16.5. The summed E-state index contributed by atoms with van der Waals surface area (Å²) in [5, 5.41) is 2.65. The van der Waals surface area contributed by atoms with E-state index in [1.54, 1.807) is 31.2 Å². The monoisotopic (exact) mass is 342 g/mol. The SMILES string of the molecule is Cc1ccc(S(=O)(=O)NCC(=O)NCc2ccco2)c(Cl)c1. The first-order valence-corrected chi connectivity index (χ1v) is 8.29. The summed E-state index contributed by atoms with van der Waals surface area (Å²) in [4.78, 5) is 11.6. The molecule has 2 rings (SSSR count). The molecule has 118 valence electrons. The molecule has 0 bridgehead atoms. The molecule has 0 fully saturated rings. The number of halogens is 1. The maximum absolute atomic E-state index is 12.1. The van der Waals surface area contributed by atoms with E-state index in [1.807, 2.05) is 0 Å². The number of carbonyl (C=O) groups excluding carboxylic acids is 1. The van der Waals surface area contributed by atoms with Gasteiger partial charge in [0.15, 0.2) is 0 Å². The molecule has 22 heavy (non-hydrogen) atoms. The second kappa shape index (κ2) is 6.95. The normalized spacial score (nSPS) is 11.4. The van der Waals surface area contributed by atoms with Gasteiger partial charge in [-0.15, -0.1) is 0 Å². The Morgan fingerprint density at radius 2 is 2.09 bits per heavy atom. The first-order valence-electron chi connectivity index (χ1n) is 6.43. The quantitative estimate of drug-likeness (QED) is 0.838. The predicted octanol–water partition coefficient (Wildman–Crippen LogP) is 1.84. The van der Waals surface area contributed by atoms with Crippen LogP contribution in [0.15, 0.2) is 45.9 Å². The van der Waals surface area contributed by atoms with Gasteiger partial charge in [0.05, 0.1) is 24.4 Å². The van der Waals surface area contributed by atoms with Crippen molar-refractivity contribution in [3.8, 4) is 0 Å². The van der Waals surface area contributed by atoms with Crippen molar-refractivity contribution in [2.24, 2.45) is 0 Å². The summed E-state index contributed by atoms with van der Waals surface area (Å²) in [5.41, 5.74) is 0.847. The van der Waals surface area contributed by atoms with Crippen molar-refractivity contribution in [1.29, 1.82) is 0 Å². The van der Waals surface area contributed by atoms with Gasteiger partial charge < -0.3 is 9.73 Å². The minimum Gasteiger partial charge on any atom is -0.467 e. The summed E-state index contributed by atoms with van der Waals surface area (Å²) in [6.45, 7) is 1.61. The Bertz CT molecular complexity index is 757. The largest absolute Gasteiger partial charge is 0.467 e. The summed E-state index contributed by atoms with van der Waals surface area (Å²) < 4.78 is 31.5. The van der Waals surface area contributed by atoms with E-state index in [-0.39, 0.29) is 23.0 Å². The molecular formula is C14H15ClN2O4S. The number of rotatable bonds is 6. The number of carbonyl (C=O) groups is 1. The Morgan fingerprint density at radius 1 is 1.32 bits per heavy atom. The maximum Gasteiger partial charge on any atom is 0.242 e. The van der Waals surface area contributed by atoms with E-state index >= 15 is 0 Å². The highest BCUT2D eigenvalue weighted by Gasteiger charge is 2.18. The van der Waals surface area contributed by atoms with Crippen LogP contribution in [-0.4, -0.2) is 20.9 Å². The number of furan rings is 1. The van der Waals surface area contributed by atoms with E-state index in [9.17, 15) is 13.2 Å². The van der Waals surface area contributed by atoms with Crippen molar-refractivity contribution in [2.75, 3.05) is 6.54 Å². The molecule has 0 radical (unpaired) electrons. The van der Waals surface area contributed by atoms with Gasteiger partial charge in [0.1, 0.15) is 10.7 Å². The van der Waals surface area contributed by atoms with Gasteiger partial charge in [-0.25, -0.2) is 13.1 Å². The van der Waals surface area contributed by atoms with E-state index < -0.39 is 15.9 Å². The van der Waals surface area contributed by atoms with E-state index in [0.29, 0.717) is 5.76 Å². The zero-order chi connectivity index (χ0) is 16.2. The van der Waals surface area contributed by atoms with Gasteiger partial charge in [0, 0.05) is 0 Å². The number of benzene rings is 1. The summed E-state index contributed by atoms with van der Waals surface area (Å²) in [5.74, 6) is 0.112. The molecule has 0 spiro atoms. The molecule has 1 heterocycles. The fraction of sp³-hybridized carbons (Fsp3) is 0.214. The van der Waals surface area contributed by atoms with Crippen molar-refractivity contribution in [2.45, 2.75) is 18.4 Å². The van der Waals surface area contributed by atoms with Crippen LogP contribution in [0.4, 0.5) is 0 Å². The Labute approximate surface area is 133 Å². The van der Waals surface area contributed by atoms with Gasteiger partial charge in [-0.3, -0.25) is 4.79 Å². The average Bonchev–Trinajstić information content (AvgIpc) is 2.96. The predicted molar refractivity (Wildman–Crippen MR) is 81.9 cm³/mol. The van der Waals surface area contributed by atoms with Gasteiger partial charge >= 0.3 is 0 Å². The number of nitrogens with one attached hydrogen (secondary N) is 2. The minimum atomic E-state index is -3.84. The number of hydrogen-bond acceptors (Lipinski definition) is 4. The third kappa shape index (κ3) is 4.33. The van der Waals surface area contributed by atoms with Crippen molar-refractivity contribution >= 4 is 27.5 Å². The van der Waals surface area contributed by atoms with Gasteiger partial charge in [0.2, 0.25) is 15.9 Å². The highest BCUT2D eigenvalue weighted by Crippen LogP contribution is 2.21. The van der Waals surface area contributed by atoms with Crippen molar-refractivity contribution in [1.82, 2.24) is 10.0 Å². The highest BCUT2D eigenvalue weighted by atomic mass is 35.5. The van der Waals surface area contributed by atoms with Crippen LogP contribution in [0.1, 0.15) is 11.3 Å². The zero-order valence-corrected chi connectivity index (χ0v) is 13.4. The molecule has 2 N–H and O–H groups in total. The molecule has 1 amide bonds. The number of amides is 1. The molecule has 1 aromatic heterocycles. The Morgan fingerprint density at radius 3 is 2.73 bits per heavy atom. The Balaban J connectivity index is 1.93. The second-order valence-corrected chi connectivity index (χ2v) is 6.76. The molecule has 8 heteroatoms. The number of hydrogen-bond donors (Lipinski definition) is 2. The van der Waals surface area contributed by atoms with Crippen molar-refractivity contribution in [3.05, 3.63) is 52.9 Å². The lowest BCUT2D eigenvalue weighted by Gasteiger charge is -2.09. The van der Waals surface area contributed by atoms with E-state index in [0.717, 1.165) is 5.56 Å². The second-order valence-electron chi connectivity index (χ2n) is 4.61. The Kier molecular flexibility index (Phi) is 5.23. The molecule has 0 saturated carbocycles. The van der Waals surface area contributed by atoms with Crippen LogP contribution in [0, 0.1) is 6.92 Å². The summed E-state index contributed by atoms with van der Waals surface area (Å²) in [6.07, 6.45) is 1.49. The van der Waals surface area contributed by atoms with E-state index in [1.165, 1.54) is 12.3 Å². The fourth-order valence-electron chi connectivity index (χ4n) is 1.72. The van der Waals surface area contributed by atoms with Gasteiger partial charge in [-0.1, -0.05) is 17.7 Å². The molecular weight excluding hydrogens is 328 g/mol. The van der Waals surface area contributed by atoms with E-state index in [2.05, 4.69) is 10.0 Å². The lowest BCUT2D eigenvalue weighted by molar-refractivity contribution is -0.120. The fourth-order valence-corrected chi connectivity index (χ4v) is 3.30. The molecule has 6 nitrogen and oxygen atoms in total. The maximum atomic E-state index is 12.1. The first-order chi connectivity index (χ1) is 10.4. The third-order valence-corrected chi connectivity index (χ3v) is 4.72. The smallest absolute Gasteiger partial charge is 0.242 e. The molecule has 1 aromatic carbocycles. The van der Waals surface area contributed by atoms with Crippen LogP contribution >= 0.6 is 11.6 Å². The van der Waals surface area contributed by atoms with Gasteiger partial charge in [0.25, 0.3) is 0 Å². The average molecular weight is 343 g/mol. The summed E-state index contributed by atoms with van der Waals surface area (Å²) in [7, 11) is -3.84. The van der Waals surface area contributed by atoms with E-state index in [4.69, 9.17) is 16.0 Å². The van der Waals surface area contributed by atoms with Crippen molar-refractivity contribution < 1.29 is 17.6 Å². The lowest BCUT2D eigenvalue weighted by Crippen LogP contribution is -2.36. The molecule has 2 aromatic rings. The molecule has 0 aliphatic rings. The number of sulfonamides is 1. The Hall–Kier alpha value is -1.83. The molecule has 0 saturated heterocycles. The number of aryl methyl sites for hydroxylation is 1. The minimum absolute atomic E-state index is 0.0569. The van der Waals surface area contributed by atoms with Gasteiger partial charge in [-0.2, -0.15) is 0 Å². The summed E-state index contributed by atoms with van der Waals surface area (Å²) in [6, 6.07) is 7.99. The molecule has 0 atom stereocenters. The van der Waals surface area contributed by atoms with Crippen LogP contribution < -0.4 is 10.0 Å². The molecule has 0 aliphatic heterocycles. The van der Waals surface area contributed by atoms with Crippen LogP contribution in [0.25, 0.3) is 0 Å². The highest BCUT2D eigenvalue weighted by molar-refractivity contribution is 7.89. The van der Waals surface area contributed by atoms with Crippen LogP contribution in [0.2, 0.25) is 5.02 Å². The van der Waals surface area contributed by atoms with Crippen LogP contribution in [-0.2, 0) is 21.4 Å². The van der Waals surface area contributed by atoms with Gasteiger partial charge in [-0.05, 0) is 36.8 Å². The standard InChI is InChI=1S/C14H15ClN2O4S/c1-10-4-5-13(12(15)7-10)22(19,20)17-9-14(18)16-8-11-3-2-6-21-11/h2-7,17H,8-9H2,1H3,(H,16,18). The molecule has 0 aliphatic carbocycles. The topological polar surface area (TPSA) is 88.4 Å². The zero-order valence-electron chi connectivity index (χ0n) is 11.8. The third-order valence-electron chi connectivity index (χ3n) is 2.84. The van der Waals surface area contributed by atoms with Crippen LogP contribution in [0.3, 0.4) is 0 Å². The van der Waals surface area contributed by atoms with Crippen LogP contribution in [0.5, 0.6) is 0 Å². The lowest BCUT2D eigenvalue weighted by atomic mass is 10.2. The van der Waals surface area contributed by atoms with Crippen molar-refractivity contribution in [3.63, 3.8) is 0 Å². The summed E-state index contributed by atoms with van der Waals surface area (Å²) >= 11 is 5.93. The molecule has 0 unspecified atom stereocenters.